The molecule has 2 aromatic carbocycles. The van der Waals surface area contributed by atoms with Crippen molar-refractivity contribution in [2.75, 3.05) is 10.2 Å². The molecule has 1 saturated heterocycles. The van der Waals surface area contributed by atoms with Crippen LogP contribution >= 0.6 is 11.3 Å². The Kier molecular flexibility index (Phi) is 4.89. The number of nitrogens with zero attached hydrogens (tertiary/aromatic N) is 2. The second-order valence-corrected chi connectivity index (χ2v) is 7.14. The molecular formula is C20H13F2N3O3S. The van der Waals surface area contributed by atoms with E-state index in [1.54, 1.807) is 5.38 Å². The molecule has 6 nitrogen and oxygen atoms in total. The molecule has 1 aromatic heterocycles. The zero-order valence-electron chi connectivity index (χ0n) is 14.8. The van der Waals surface area contributed by atoms with E-state index in [9.17, 15) is 23.2 Å². The molecule has 29 heavy (non-hydrogen) atoms. The lowest BCUT2D eigenvalue weighted by Gasteiger charge is -2.13. The topological polar surface area (TPSA) is 79.4 Å². The van der Waals surface area contributed by atoms with Crippen molar-refractivity contribution in [3.8, 4) is 11.3 Å². The van der Waals surface area contributed by atoms with E-state index in [0.29, 0.717) is 11.3 Å². The van der Waals surface area contributed by atoms with Gasteiger partial charge in [-0.15, -0.1) is 11.3 Å². The fourth-order valence-electron chi connectivity index (χ4n) is 2.95. The van der Waals surface area contributed by atoms with E-state index >= 15 is 0 Å². The van der Waals surface area contributed by atoms with E-state index in [0.717, 1.165) is 28.4 Å². The first-order valence-corrected chi connectivity index (χ1v) is 9.48. The zero-order chi connectivity index (χ0) is 20.5. The van der Waals surface area contributed by atoms with Crippen molar-refractivity contribution >= 4 is 39.9 Å². The number of hydrogen-bond donors (Lipinski definition) is 1. The van der Waals surface area contributed by atoms with E-state index in [4.69, 9.17) is 0 Å². The highest BCUT2D eigenvalue weighted by Gasteiger charge is 2.30. The van der Waals surface area contributed by atoms with Gasteiger partial charge in [0.2, 0.25) is 11.8 Å². The van der Waals surface area contributed by atoms with Crippen LogP contribution in [0.2, 0.25) is 0 Å². The van der Waals surface area contributed by atoms with Crippen LogP contribution in [0.5, 0.6) is 0 Å². The summed E-state index contributed by atoms with van der Waals surface area (Å²) in [5.41, 5.74) is 1.13. The van der Waals surface area contributed by atoms with Crippen LogP contribution in [0.3, 0.4) is 0 Å². The Labute approximate surface area is 167 Å². The van der Waals surface area contributed by atoms with Crippen LogP contribution < -0.4 is 10.2 Å². The van der Waals surface area contributed by atoms with Crippen LogP contribution in [-0.2, 0) is 9.59 Å². The summed E-state index contributed by atoms with van der Waals surface area (Å²) in [6.45, 7) is 0. The summed E-state index contributed by atoms with van der Waals surface area (Å²) in [7, 11) is 0. The number of halogens is 2. The fourth-order valence-corrected chi connectivity index (χ4v) is 3.65. The number of carbonyl (C=O) groups is 3. The third kappa shape index (κ3) is 3.77. The zero-order valence-corrected chi connectivity index (χ0v) is 15.6. The number of benzene rings is 2. The molecule has 9 heteroatoms. The molecule has 0 saturated carbocycles. The van der Waals surface area contributed by atoms with Gasteiger partial charge in [0.05, 0.1) is 11.4 Å². The van der Waals surface area contributed by atoms with E-state index in [2.05, 4.69) is 10.3 Å². The Morgan fingerprint density at radius 1 is 1.03 bits per heavy atom. The minimum absolute atomic E-state index is 0.132. The van der Waals surface area contributed by atoms with Gasteiger partial charge in [0.1, 0.15) is 11.6 Å². The predicted molar refractivity (Wildman–Crippen MR) is 104 cm³/mol. The summed E-state index contributed by atoms with van der Waals surface area (Å²) < 4.78 is 26.9. The van der Waals surface area contributed by atoms with Gasteiger partial charge in [-0.25, -0.2) is 13.8 Å². The van der Waals surface area contributed by atoms with Gasteiger partial charge in [0, 0.05) is 35.4 Å². The molecular weight excluding hydrogens is 400 g/mol. The molecule has 1 aliphatic heterocycles. The quantitative estimate of drug-likeness (QED) is 0.656. The molecule has 4 rings (SSSR count). The SMILES string of the molecule is O=C(Nc1nc(-c2ccc(F)cc2F)cs1)c1ccc(N2C(=O)CCC2=O)cc1. The highest BCUT2D eigenvalue weighted by atomic mass is 32.1. The lowest BCUT2D eigenvalue weighted by Crippen LogP contribution is -2.28. The van der Waals surface area contributed by atoms with Gasteiger partial charge in [0.25, 0.3) is 5.91 Å². The number of rotatable bonds is 4. The van der Waals surface area contributed by atoms with E-state index in [1.807, 2.05) is 0 Å². The van der Waals surface area contributed by atoms with Crippen molar-refractivity contribution < 1.29 is 23.2 Å². The maximum absolute atomic E-state index is 13.9. The summed E-state index contributed by atoms with van der Waals surface area (Å²) in [4.78, 5) is 41.2. The van der Waals surface area contributed by atoms with Gasteiger partial charge < -0.3 is 0 Å². The Morgan fingerprint density at radius 2 is 1.72 bits per heavy atom. The van der Waals surface area contributed by atoms with Crippen molar-refractivity contribution in [3.05, 3.63) is 65.0 Å². The summed E-state index contributed by atoms with van der Waals surface area (Å²) in [5.74, 6) is -2.41. The fraction of sp³-hybridized carbons (Fsp3) is 0.100. The van der Waals surface area contributed by atoms with Crippen molar-refractivity contribution in [2.24, 2.45) is 0 Å². The number of imide groups is 1. The highest BCUT2D eigenvalue weighted by Crippen LogP contribution is 2.28. The van der Waals surface area contributed by atoms with Crippen LogP contribution in [0.1, 0.15) is 23.2 Å². The van der Waals surface area contributed by atoms with Crippen molar-refractivity contribution in [2.45, 2.75) is 12.8 Å². The van der Waals surface area contributed by atoms with E-state index in [1.165, 1.54) is 30.3 Å². The predicted octanol–water partition coefficient (Wildman–Crippen LogP) is 3.99. The largest absolute Gasteiger partial charge is 0.298 e. The number of anilines is 2. The first-order chi connectivity index (χ1) is 13.9. The number of aromatic nitrogens is 1. The molecule has 1 aliphatic rings. The molecule has 0 bridgehead atoms. The van der Waals surface area contributed by atoms with Gasteiger partial charge >= 0.3 is 0 Å². The molecule has 3 amide bonds. The minimum Gasteiger partial charge on any atom is -0.298 e. The Balaban J connectivity index is 1.48. The number of carbonyl (C=O) groups excluding carboxylic acids is 3. The second kappa shape index (κ2) is 7.51. The molecule has 2 heterocycles. The molecule has 1 fully saturated rings. The van der Waals surface area contributed by atoms with Crippen molar-refractivity contribution in [3.63, 3.8) is 0 Å². The van der Waals surface area contributed by atoms with Crippen LogP contribution in [0.25, 0.3) is 11.3 Å². The van der Waals surface area contributed by atoms with Gasteiger partial charge in [-0.3, -0.25) is 24.6 Å². The number of thiazole rings is 1. The van der Waals surface area contributed by atoms with Crippen molar-refractivity contribution in [1.82, 2.24) is 4.98 Å². The highest BCUT2D eigenvalue weighted by molar-refractivity contribution is 7.14. The Hall–Kier alpha value is -3.46. The molecule has 3 aromatic rings. The molecule has 0 aliphatic carbocycles. The van der Waals surface area contributed by atoms with E-state index < -0.39 is 17.5 Å². The molecule has 0 atom stereocenters. The molecule has 1 N–H and O–H groups in total. The van der Waals surface area contributed by atoms with Crippen LogP contribution in [-0.4, -0.2) is 22.7 Å². The van der Waals surface area contributed by atoms with Gasteiger partial charge in [0.15, 0.2) is 5.13 Å². The average Bonchev–Trinajstić information content (AvgIpc) is 3.28. The Morgan fingerprint density at radius 3 is 2.38 bits per heavy atom. The third-order valence-corrected chi connectivity index (χ3v) is 5.13. The summed E-state index contributed by atoms with van der Waals surface area (Å²) >= 11 is 1.10. The van der Waals surface area contributed by atoms with Gasteiger partial charge in [-0.2, -0.15) is 0 Å². The first kappa shape index (κ1) is 18.9. The van der Waals surface area contributed by atoms with Gasteiger partial charge in [-0.1, -0.05) is 0 Å². The monoisotopic (exact) mass is 413 g/mol. The van der Waals surface area contributed by atoms with Crippen molar-refractivity contribution in [1.29, 1.82) is 0 Å². The molecule has 146 valence electrons. The van der Waals surface area contributed by atoms with E-state index in [-0.39, 0.29) is 41.0 Å². The van der Waals surface area contributed by atoms with Crippen LogP contribution in [0, 0.1) is 11.6 Å². The number of nitrogens with one attached hydrogen (secondary N) is 1. The summed E-state index contributed by atoms with van der Waals surface area (Å²) in [6.07, 6.45) is 0.365. The normalized spacial score (nSPS) is 13.8. The number of hydrogen-bond acceptors (Lipinski definition) is 5. The van der Waals surface area contributed by atoms with Crippen LogP contribution in [0.15, 0.2) is 47.8 Å². The lowest BCUT2D eigenvalue weighted by molar-refractivity contribution is -0.121. The maximum Gasteiger partial charge on any atom is 0.257 e. The summed E-state index contributed by atoms with van der Waals surface area (Å²) in [5, 5.41) is 4.42. The molecule has 0 spiro atoms. The third-order valence-electron chi connectivity index (χ3n) is 4.37. The Bertz CT molecular complexity index is 1110. The van der Waals surface area contributed by atoms with Crippen LogP contribution in [0.4, 0.5) is 19.6 Å². The first-order valence-electron chi connectivity index (χ1n) is 8.60. The number of amides is 3. The minimum atomic E-state index is -0.741. The molecule has 0 unspecified atom stereocenters. The summed E-state index contributed by atoms with van der Waals surface area (Å²) in [6, 6.07) is 9.23. The second-order valence-electron chi connectivity index (χ2n) is 6.29. The average molecular weight is 413 g/mol. The maximum atomic E-state index is 13.9. The van der Waals surface area contributed by atoms with Gasteiger partial charge in [-0.05, 0) is 36.4 Å². The standard InChI is InChI=1S/C20H13F2N3O3S/c21-12-3-6-14(15(22)9-12)16-10-29-20(23-16)24-19(28)11-1-4-13(5-2-11)25-17(26)7-8-18(25)27/h1-6,9-10H,7-8H2,(H,23,24,28). The smallest absolute Gasteiger partial charge is 0.257 e. The lowest BCUT2D eigenvalue weighted by atomic mass is 10.1. The molecule has 0 radical (unpaired) electrons.